The van der Waals surface area contributed by atoms with Gasteiger partial charge in [-0.2, -0.15) is 0 Å². The normalized spacial score (nSPS) is 10.8. The predicted octanol–water partition coefficient (Wildman–Crippen LogP) is 5.85. The number of hydrogen-bond donors (Lipinski definition) is 1. The third kappa shape index (κ3) is 5.58. The van der Waals surface area contributed by atoms with Gasteiger partial charge in [0.2, 0.25) is 0 Å². The molecule has 0 unspecified atom stereocenters. The first kappa shape index (κ1) is 22.2. The Morgan fingerprint density at radius 2 is 1.71 bits per heavy atom. The zero-order valence-corrected chi connectivity index (χ0v) is 18.3. The number of allylic oxidation sites excluding steroid dienone is 1. The summed E-state index contributed by atoms with van der Waals surface area (Å²) in [6.07, 6.45) is 3.19. The minimum atomic E-state index is -0.205. The van der Waals surface area contributed by atoms with E-state index < -0.39 is 0 Å². The van der Waals surface area contributed by atoms with Crippen LogP contribution in [0.15, 0.2) is 60.7 Å². The quantitative estimate of drug-likeness (QED) is 0.353. The monoisotopic (exact) mass is 438 g/mol. The minimum absolute atomic E-state index is 0.0150. The zero-order valence-electron chi connectivity index (χ0n) is 17.5. The Labute approximate surface area is 186 Å². The Morgan fingerprint density at radius 3 is 2.42 bits per heavy atom. The van der Waals surface area contributed by atoms with Crippen LogP contribution in [0, 0.1) is 6.92 Å². The summed E-state index contributed by atoms with van der Waals surface area (Å²) in [4.78, 5) is 12.5. The summed E-state index contributed by atoms with van der Waals surface area (Å²) in [5.74, 6) is 1.46. The molecule has 5 nitrogen and oxygen atoms in total. The third-order valence-corrected chi connectivity index (χ3v) is 4.95. The first-order chi connectivity index (χ1) is 14.9. The second-order valence-electron chi connectivity index (χ2n) is 6.85. The van der Waals surface area contributed by atoms with E-state index in [2.05, 4.69) is 0 Å². The van der Waals surface area contributed by atoms with E-state index in [4.69, 9.17) is 25.8 Å². The standard InChI is InChI=1S/C25H23ClO5/c1-16-12-20(26)7-11-23(16)31-15-19-13-17(5-10-24(19)29-2)4-8-21(27)18-6-9-22(28)25(14-18)30-3/h4-14,28H,15H2,1-3H3/b8-4+. The number of aryl methyl sites for hydroxylation is 1. The lowest BCUT2D eigenvalue weighted by Crippen LogP contribution is -2.00. The number of benzene rings is 3. The largest absolute Gasteiger partial charge is 0.504 e. The van der Waals surface area contributed by atoms with E-state index in [0.717, 1.165) is 22.4 Å². The van der Waals surface area contributed by atoms with Crippen LogP contribution in [0.5, 0.6) is 23.0 Å². The zero-order chi connectivity index (χ0) is 22.4. The van der Waals surface area contributed by atoms with E-state index in [1.807, 2.05) is 37.3 Å². The van der Waals surface area contributed by atoms with Crippen LogP contribution in [0.3, 0.4) is 0 Å². The molecule has 0 heterocycles. The first-order valence-electron chi connectivity index (χ1n) is 9.56. The summed E-state index contributed by atoms with van der Waals surface area (Å²) < 4.78 is 16.4. The van der Waals surface area contributed by atoms with Gasteiger partial charge >= 0.3 is 0 Å². The Hall–Kier alpha value is -3.44. The number of ether oxygens (including phenoxy) is 3. The van der Waals surface area contributed by atoms with Crippen molar-refractivity contribution in [1.29, 1.82) is 0 Å². The summed E-state index contributed by atoms with van der Waals surface area (Å²) in [5.41, 5.74) is 3.03. The molecule has 31 heavy (non-hydrogen) atoms. The number of ketones is 1. The predicted molar refractivity (Wildman–Crippen MR) is 122 cm³/mol. The molecule has 0 atom stereocenters. The summed E-state index contributed by atoms with van der Waals surface area (Å²) in [6, 6.07) is 15.5. The van der Waals surface area contributed by atoms with E-state index in [1.165, 1.54) is 25.3 Å². The van der Waals surface area contributed by atoms with Crippen molar-refractivity contribution in [3.8, 4) is 23.0 Å². The Morgan fingerprint density at radius 1 is 0.968 bits per heavy atom. The smallest absolute Gasteiger partial charge is 0.185 e. The molecule has 0 aliphatic carbocycles. The van der Waals surface area contributed by atoms with Gasteiger partial charge in [-0.15, -0.1) is 0 Å². The first-order valence-corrected chi connectivity index (χ1v) is 9.94. The molecule has 3 aromatic carbocycles. The van der Waals surface area contributed by atoms with Crippen LogP contribution in [0.1, 0.15) is 27.0 Å². The van der Waals surface area contributed by atoms with Crippen molar-refractivity contribution >= 4 is 23.5 Å². The van der Waals surface area contributed by atoms with Crippen LogP contribution >= 0.6 is 11.6 Å². The lowest BCUT2D eigenvalue weighted by molar-refractivity contribution is 0.104. The van der Waals surface area contributed by atoms with Gasteiger partial charge in [0.05, 0.1) is 14.2 Å². The lowest BCUT2D eigenvalue weighted by atomic mass is 10.1. The van der Waals surface area contributed by atoms with Crippen molar-refractivity contribution < 1.29 is 24.1 Å². The Balaban J connectivity index is 1.77. The fourth-order valence-electron chi connectivity index (χ4n) is 3.04. The molecule has 0 radical (unpaired) electrons. The SMILES string of the molecule is COc1cc(C(=O)/C=C/c2ccc(OC)c(COc3ccc(Cl)cc3C)c2)ccc1O. The summed E-state index contributed by atoms with van der Waals surface area (Å²) in [6.45, 7) is 2.23. The number of rotatable bonds is 8. The molecule has 1 N–H and O–H groups in total. The maximum absolute atomic E-state index is 12.5. The molecule has 0 saturated carbocycles. The molecule has 160 valence electrons. The Kier molecular flexibility index (Phi) is 7.21. The van der Waals surface area contributed by atoms with E-state index in [1.54, 1.807) is 25.3 Å². The van der Waals surface area contributed by atoms with Crippen molar-refractivity contribution in [2.75, 3.05) is 14.2 Å². The van der Waals surface area contributed by atoms with E-state index in [0.29, 0.717) is 22.9 Å². The topological polar surface area (TPSA) is 65.0 Å². The Bertz CT molecular complexity index is 1120. The number of methoxy groups -OCH3 is 2. The van der Waals surface area contributed by atoms with Gasteiger partial charge in [-0.05, 0) is 72.7 Å². The number of phenols is 1. The lowest BCUT2D eigenvalue weighted by Gasteiger charge is -2.13. The van der Waals surface area contributed by atoms with Crippen molar-refractivity contribution in [2.24, 2.45) is 0 Å². The van der Waals surface area contributed by atoms with Crippen molar-refractivity contribution in [1.82, 2.24) is 0 Å². The van der Waals surface area contributed by atoms with Crippen LogP contribution in [-0.4, -0.2) is 25.1 Å². The number of halogens is 1. The molecule has 0 bridgehead atoms. The second kappa shape index (κ2) is 10.0. The van der Waals surface area contributed by atoms with Crippen LogP contribution in [-0.2, 0) is 6.61 Å². The van der Waals surface area contributed by atoms with Crippen LogP contribution in [0.2, 0.25) is 5.02 Å². The molecule has 0 fully saturated rings. The maximum Gasteiger partial charge on any atom is 0.185 e. The average molecular weight is 439 g/mol. The van der Waals surface area contributed by atoms with Gasteiger partial charge in [-0.3, -0.25) is 4.79 Å². The summed E-state index contributed by atoms with van der Waals surface area (Å²) in [5, 5.41) is 10.3. The van der Waals surface area contributed by atoms with Gasteiger partial charge in [-0.25, -0.2) is 0 Å². The molecule has 6 heteroatoms. The van der Waals surface area contributed by atoms with E-state index in [9.17, 15) is 9.90 Å². The van der Waals surface area contributed by atoms with Crippen LogP contribution in [0.4, 0.5) is 0 Å². The summed E-state index contributed by atoms with van der Waals surface area (Å²) in [7, 11) is 3.04. The van der Waals surface area contributed by atoms with Gasteiger partial charge in [0.25, 0.3) is 0 Å². The molecule has 0 aliphatic heterocycles. The fourth-order valence-corrected chi connectivity index (χ4v) is 3.27. The summed E-state index contributed by atoms with van der Waals surface area (Å²) >= 11 is 6.00. The highest BCUT2D eigenvalue weighted by Crippen LogP contribution is 2.28. The number of aromatic hydroxyl groups is 1. The van der Waals surface area contributed by atoms with E-state index in [-0.39, 0.29) is 17.3 Å². The van der Waals surface area contributed by atoms with Crippen molar-refractivity contribution in [2.45, 2.75) is 13.5 Å². The molecular formula is C25H23ClO5. The molecule has 0 aliphatic rings. The molecule has 0 aromatic heterocycles. The number of hydrogen-bond acceptors (Lipinski definition) is 5. The van der Waals surface area contributed by atoms with Crippen LogP contribution in [0.25, 0.3) is 6.08 Å². The minimum Gasteiger partial charge on any atom is -0.504 e. The molecule has 3 rings (SSSR count). The van der Waals surface area contributed by atoms with Gasteiger partial charge in [0, 0.05) is 16.1 Å². The highest BCUT2D eigenvalue weighted by molar-refractivity contribution is 6.30. The van der Waals surface area contributed by atoms with E-state index >= 15 is 0 Å². The van der Waals surface area contributed by atoms with Gasteiger partial charge in [-0.1, -0.05) is 23.7 Å². The van der Waals surface area contributed by atoms with Crippen molar-refractivity contribution in [3.05, 3.63) is 87.9 Å². The molecule has 0 saturated heterocycles. The molecule has 3 aromatic rings. The highest BCUT2D eigenvalue weighted by atomic mass is 35.5. The fraction of sp³-hybridized carbons (Fsp3) is 0.160. The number of phenolic OH excluding ortho intramolecular Hbond substituents is 1. The van der Waals surface area contributed by atoms with Gasteiger partial charge in [0.15, 0.2) is 17.3 Å². The van der Waals surface area contributed by atoms with Crippen molar-refractivity contribution in [3.63, 3.8) is 0 Å². The number of carbonyl (C=O) groups excluding carboxylic acids is 1. The molecule has 0 spiro atoms. The molecule has 0 amide bonds. The average Bonchev–Trinajstić information content (AvgIpc) is 2.77. The maximum atomic E-state index is 12.5. The third-order valence-electron chi connectivity index (χ3n) is 4.72. The van der Waals surface area contributed by atoms with Gasteiger partial charge < -0.3 is 19.3 Å². The second-order valence-corrected chi connectivity index (χ2v) is 7.29. The molecular weight excluding hydrogens is 416 g/mol. The highest BCUT2D eigenvalue weighted by Gasteiger charge is 2.09. The van der Waals surface area contributed by atoms with Crippen LogP contribution < -0.4 is 14.2 Å². The van der Waals surface area contributed by atoms with Gasteiger partial charge in [0.1, 0.15) is 18.1 Å². The number of carbonyl (C=O) groups is 1.